The maximum atomic E-state index is 12.0. The molecule has 0 aliphatic rings. The van der Waals surface area contributed by atoms with Crippen LogP contribution in [0.1, 0.15) is 18.2 Å². The fourth-order valence-corrected chi connectivity index (χ4v) is 2.76. The molecule has 0 bridgehead atoms. The Labute approximate surface area is 159 Å². The minimum atomic E-state index is -0.450. The highest BCUT2D eigenvalue weighted by atomic mass is 35.5. The maximum Gasteiger partial charge on any atom is 0.316 e. The fraction of sp³-hybridized carbons (Fsp3) is 0.312. The summed E-state index contributed by atoms with van der Waals surface area (Å²) in [5.74, 6) is 0.301. The van der Waals surface area contributed by atoms with E-state index in [0.717, 1.165) is 5.56 Å². The van der Waals surface area contributed by atoms with E-state index in [1.165, 1.54) is 11.8 Å². The molecule has 1 heterocycles. The summed E-state index contributed by atoms with van der Waals surface area (Å²) in [6.07, 6.45) is 0. The Morgan fingerprint density at radius 3 is 2.72 bits per heavy atom. The van der Waals surface area contributed by atoms with Crippen molar-refractivity contribution in [3.8, 4) is 0 Å². The van der Waals surface area contributed by atoms with Gasteiger partial charge in [-0.25, -0.2) is 0 Å². The average Bonchev–Trinajstić information content (AvgIpc) is 2.98. The number of halogens is 2. The number of hydrogen-bond acceptors (Lipinski definition) is 6. The van der Waals surface area contributed by atoms with Crippen molar-refractivity contribution in [1.29, 1.82) is 0 Å². The predicted octanol–water partition coefficient (Wildman–Crippen LogP) is 4.09. The van der Waals surface area contributed by atoms with Gasteiger partial charge in [-0.1, -0.05) is 34.4 Å². The van der Waals surface area contributed by atoms with Gasteiger partial charge in [0.05, 0.1) is 21.0 Å². The van der Waals surface area contributed by atoms with Crippen LogP contribution in [0.3, 0.4) is 0 Å². The largest absolute Gasteiger partial charge is 0.460 e. The summed E-state index contributed by atoms with van der Waals surface area (Å²) >= 11 is 12.9. The minimum Gasteiger partial charge on any atom is -0.460 e. The number of hydrogen-bond donors (Lipinski definition) is 1. The van der Waals surface area contributed by atoms with E-state index >= 15 is 0 Å². The Hall–Kier alpha value is -1.70. The number of aryl methyl sites for hydroxylation is 1. The normalized spacial score (nSPS) is 11.8. The summed E-state index contributed by atoms with van der Waals surface area (Å²) in [4.78, 5) is 23.8. The lowest BCUT2D eigenvalue weighted by atomic mass is 10.2. The highest BCUT2D eigenvalue weighted by molar-refractivity contribution is 8.01. The van der Waals surface area contributed by atoms with Crippen molar-refractivity contribution in [2.24, 2.45) is 0 Å². The standard InChI is InChI=1S/C16H16Cl2N2O4S/c1-9-5-14(20-24-9)19-16(22)10(2)25-8-15(21)23-7-11-3-4-12(17)13(18)6-11/h3-6,10H,7-8H2,1-2H3,(H,19,20,22)/t10-/m0/s1. The Morgan fingerprint density at radius 2 is 2.08 bits per heavy atom. The van der Waals surface area contributed by atoms with Crippen LogP contribution in [-0.4, -0.2) is 28.0 Å². The van der Waals surface area contributed by atoms with Gasteiger partial charge in [-0.3, -0.25) is 9.59 Å². The SMILES string of the molecule is Cc1cc(NC(=O)[C@H](C)SCC(=O)OCc2ccc(Cl)c(Cl)c2)no1. The number of carbonyl (C=O) groups excluding carboxylic acids is 2. The zero-order valence-corrected chi connectivity index (χ0v) is 15.9. The molecule has 134 valence electrons. The molecule has 1 amide bonds. The molecule has 1 atom stereocenters. The van der Waals surface area contributed by atoms with Gasteiger partial charge >= 0.3 is 5.97 Å². The summed E-state index contributed by atoms with van der Waals surface area (Å²) in [5.41, 5.74) is 0.736. The summed E-state index contributed by atoms with van der Waals surface area (Å²) < 4.78 is 10.0. The van der Waals surface area contributed by atoms with Crippen LogP contribution >= 0.6 is 35.0 Å². The topological polar surface area (TPSA) is 81.4 Å². The number of anilines is 1. The fourth-order valence-electron chi connectivity index (χ4n) is 1.76. The van der Waals surface area contributed by atoms with Crippen LogP contribution in [0.25, 0.3) is 0 Å². The summed E-state index contributed by atoms with van der Waals surface area (Å²) in [7, 11) is 0. The number of amides is 1. The van der Waals surface area contributed by atoms with Gasteiger partial charge in [0.2, 0.25) is 5.91 Å². The second-order valence-electron chi connectivity index (χ2n) is 5.17. The van der Waals surface area contributed by atoms with E-state index < -0.39 is 11.2 Å². The molecule has 0 unspecified atom stereocenters. The van der Waals surface area contributed by atoms with E-state index in [0.29, 0.717) is 21.6 Å². The van der Waals surface area contributed by atoms with Crippen LogP contribution < -0.4 is 5.32 Å². The summed E-state index contributed by atoms with van der Waals surface area (Å²) in [6.45, 7) is 3.51. The Morgan fingerprint density at radius 1 is 1.32 bits per heavy atom. The maximum absolute atomic E-state index is 12.0. The molecule has 2 aromatic rings. The van der Waals surface area contributed by atoms with Crippen LogP contribution in [-0.2, 0) is 20.9 Å². The van der Waals surface area contributed by atoms with Crippen molar-refractivity contribution in [3.05, 3.63) is 45.6 Å². The third-order valence-corrected chi connectivity index (χ3v) is 4.94. The average molecular weight is 403 g/mol. The zero-order valence-electron chi connectivity index (χ0n) is 13.5. The molecule has 2 rings (SSSR count). The molecule has 9 heteroatoms. The molecule has 0 radical (unpaired) electrons. The Balaban J connectivity index is 1.73. The van der Waals surface area contributed by atoms with Gasteiger partial charge < -0.3 is 14.6 Å². The van der Waals surface area contributed by atoms with E-state index in [1.807, 2.05) is 0 Å². The number of carbonyl (C=O) groups is 2. The number of nitrogens with zero attached hydrogens (tertiary/aromatic N) is 1. The van der Waals surface area contributed by atoms with E-state index in [1.54, 1.807) is 38.1 Å². The number of esters is 1. The van der Waals surface area contributed by atoms with Crippen LogP contribution in [0, 0.1) is 6.92 Å². The molecule has 0 spiro atoms. The summed E-state index contributed by atoms with van der Waals surface area (Å²) in [6, 6.07) is 6.62. The number of aromatic nitrogens is 1. The Kier molecular flexibility index (Phi) is 7.16. The molecule has 1 N–H and O–H groups in total. The molecular formula is C16H16Cl2N2O4S. The number of rotatable bonds is 7. The lowest BCUT2D eigenvalue weighted by molar-refractivity contribution is -0.141. The lowest BCUT2D eigenvalue weighted by Crippen LogP contribution is -2.24. The van der Waals surface area contributed by atoms with Crippen molar-refractivity contribution in [2.75, 3.05) is 11.1 Å². The molecular weight excluding hydrogens is 387 g/mol. The monoisotopic (exact) mass is 402 g/mol. The highest BCUT2D eigenvalue weighted by Gasteiger charge is 2.17. The molecule has 0 aliphatic carbocycles. The first kappa shape index (κ1) is 19.6. The van der Waals surface area contributed by atoms with Gasteiger partial charge in [0.25, 0.3) is 0 Å². The lowest BCUT2D eigenvalue weighted by Gasteiger charge is -2.10. The van der Waals surface area contributed by atoms with Crippen LogP contribution in [0.15, 0.2) is 28.8 Å². The quantitative estimate of drug-likeness (QED) is 0.702. The van der Waals surface area contributed by atoms with Gasteiger partial charge in [0, 0.05) is 6.07 Å². The van der Waals surface area contributed by atoms with Gasteiger partial charge in [-0.15, -0.1) is 11.8 Å². The van der Waals surface area contributed by atoms with Crippen LogP contribution in [0.2, 0.25) is 10.0 Å². The number of nitrogens with one attached hydrogen (secondary N) is 1. The minimum absolute atomic E-state index is 0.0494. The van der Waals surface area contributed by atoms with Crippen molar-refractivity contribution < 1.29 is 18.8 Å². The van der Waals surface area contributed by atoms with Gasteiger partial charge in [-0.2, -0.15) is 0 Å². The molecule has 0 fully saturated rings. The van der Waals surface area contributed by atoms with Crippen molar-refractivity contribution in [2.45, 2.75) is 25.7 Å². The first-order valence-electron chi connectivity index (χ1n) is 7.30. The second-order valence-corrected chi connectivity index (χ2v) is 7.32. The van der Waals surface area contributed by atoms with E-state index in [9.17, 15) is 9.59 Å². The molecule has 0 aliphatic heterocycles. The van der Waals surface area contributed by atoms with E-state index in [2.05, 4.69) is 10.5 Å². The number of thioether (sulfide) groups is 1. The Bertz CT molecular complexity index is 766. The van der Waals surface area contributed by atoms with Gasteiger partial charge in [-0.05, 0) is 31.5 Å². The first-order chi connectivity index (χ1) is 11.8. The van der Waals surface area contributed by atoms with Crippen molar-refractivity contribution in [3.63, 3.8) is 0 Å². The highest BCUT2D eigenvalue weighted by Crippen LogP contribution is 2.23. The van der Waals surface area contributed by atoms with Crippen molar-refractivity contribution in [1.82, 2.24) is 5.16 Å². The zero-order chi connectivity index (χ0) is 18.4. The number of benzene rings is 1. The molecule has 25 heavy (non-hydrogen) atoms. The van der Waals surface area contributed by atoms with Gasteiger partial charge in [0.1, 0.15) is 12.4 Å². The number of ether oxygens (including phenoxy) is 1. The molecule has 1 aromatic carbocycles. The van der Waals surface area contributed by atoms with E-state index in [-0.39, 0.29) is 18.3 Å². The van der Waals surface area contributed by atoms with Gasteiger partial charge in [0.15, 0.2) is 5.82 Å². The molecule has 1 aromatic heterocycles. The van der Waals surface area contributed by atoms with Crippen LogP contribution in [0.4, 0.5) is 5.82 Å². The smallest absolute Gasteiger partial charge is 0.316 e. The van der Waals surface area contributed by atoms with E-state index in [4.69, 9.17) is 32.5 Å². The predicted molar refractivity (Wildman–Crippen MR) is 98.0 cm³/mol. The van der Waals surface area contributed by atoms with Crippen LogP contribution in [0.5, 0.6) is 0 Å². The molecule has 0 saturated carbocycles. The summed E-state index contributed by atoms with van der Waals surface area (Å²) in [5, 5.41) is 6.68. The molecule has 0 saturated heterocycles. The third-order valence-electron chi connectivity index (χ3n) is 3.08. The second kappa shape index (κ2) is 9.12. The first-order valence-corrected chi connectivity index (χ1v) is 9.11. The van der Waals surface area contributed by atoms with Crippen molar-refractivity contribution >= 4 is 52.7 Å². The third kappa shape index (κ3) is 6.26. The molecule has 6 nitrogen and oxygen atoms in total.